The van der Waals surface area contributed by atoms with E-state index in [0.717, 1.165) is 18.8 Å². The summed E-state index contributed by atoms with van der Waals surface area (Å²) in [5.74, 6) is 0.884. The number of allylic oxidation sites excluding steroid dienone is 3. The fourth-order valence-corrected chi connectivity index (χ4v) is 2.18. The van der Waals surface area contributed by atoms with E-state index in [1.165, 1.54) is 52.7 Å². The second-order valence-corrected chi connectivity index (χ2v) is 9.27. The fraction of sp³-hybridized carbons (Fsp3) is 0.529. The molecule has 0 atom stereocenters. The molecular weight excluding hydrogens is 408 g/mol. The third-order valence-corrected chi connectivity index (χ3v) is 5.37. The molecule has 0 heterocycles. The summed E-state index contributed by atoms with van der Waals surface area (Å²) in [6.45, 7) is 29.5. The molecule has 0 aromatic heterocycles. The molecule has 0 heteroatoms. The molecule has 0 aliphatic rings. The number of rotatable bonds is 5. The summed E-state index contributed by atoms with van der Waals surface area (Å²) in [4.78, 5) is 0. The molecule has 2 aromatic rings. The lowest BCUT2D eigenvalue weighted by Crippen LogP contribution is -1.86. The summed E-state index contributed by atoms with van der Waals surface area (Å²) in [6.07, 6.45) is 10.3. The summed E-state index contributed by atoms with van der Waals surface area (Å²) in [5, 5.41) is 0. The summed E-state index contributed by atoms with van der Waals surface area (Å²) in [6, 6.07) is 15.0. The van der Waals surface area contributed by atoms with Gasteiger partial charge in [0.05, 0.1) is 0 Å². The first-order chi connectivity index (χ1) is 16.0. The fourth-order valence-electron chi connectivity index (χ4n) is 2.18. The Morgan fingerprint density at radius 3 is 1.41 bits per heavy atom. The Hall–Kier alpha value is -2.08. The van der Waals surface area contributed by atoms with Crippen molar-refractivity contribution in [1.82, 2.24) is 0 Å². The van der Waals surface area contributed by atoms with E-state index in [2.05, 4.69) is 137 Å². The highest BCUT2D eigenvalue weighted by molar-refractivity contribution is 5.30. The average molecular weight is 467 g/mol. The van der Waals surface area contributed by atoms with E-state index in [-0.39, 0.29) is 0 Å². The maximum atomic E-state index is 3.67. The first-order valence-electron chi connectivity index (χ1n) is 13.4. The minimum Gasteiger partial charge on any atom is -0.100 e. The number of aryl methyl sites for hydroxylation is 5. The van der Waals surface area contributed by atoms with E-state index < -0.39 is 0 Å². The van der Waals surface area contributed by atoms with Gasteiger partial charge in [-0.15, -0.1) is 6.58 Å². The van der Waals surface area contributed by atoms with Gasteiger partial charge in [0.25, 0.3) is 0 Å². The predicted octanol–water partition coefficient (Wildman–Crippen LogP) is 11.6. The quantitative estimate of drug-likeness (QED) is 0.384. The Morgan fingerprint density at radius 1 is 0.765 bits per heavy atom. The maximum absolute atomic E-state index is 3.67. The summed E-state index contributed by atoms with van der Waals surface area (Å²) >= 11 is 0. The van der Waals surface area contributed by atoms with Gasteiger partial charge in [-0.1, -0.05) is 121 Å². The van der Waals surface area contributed by atoms with E-state index >= 15 is 0 Å². The van der Waals surface area contributed by atoms with Crippen LogP contribution in [0.3, 0.4) is 0 Å². The van der Waals surface area contributed by atoms with Gasteiger partial charge >= 0.3 is 0 Å². The number of benzene rings is 2. The van der Waals surface area contributed by atoms with Crippen molar-refractivity contribution in [3.8, 4) is 0 Å². The minimum absolute atomic E-state index is 0.884. The van der Waals surface area contributed by atoms with Crippen molar-refractivity contribution in [1.29, 1.82) is 0 Å². The third kappa shape index (κ3) is 26.2. The lowest BCUT2D eigenvalue weighted by Gasteiger charge is -2.02. The third-order valence-electron chi connectivity index (χ3n) is 5.37. The van der Waals surface area contributed by atoms with E-state index in [9.17, 15) is 0 Å². The molecule has 0 amide bonds. The smallest absolute Gasteiger partial charge is 0.0305 e. The Bertz CT molecular complexity index is 719. The van der Waals surface area contributed by atoms with Gasteiger partial charge in [-0.3, -0.25) is 0 Å². The predicted molar refractivity (Wildman–Crippen MR) is 161 cm³/mol. The second-order valence-electron chi connectivity index (χ2n) is 9.27. The minimum atomic E-state index is 0.884. The van der Waals surface area contributed by atoms with Crippen molar-refractivity contribution < 1.29 is 0 Å². The molecule has 0 spiro atoms. The van der Waals surface area contributed by atoms with Crippen molar-refractivity contribution in [2.45, 2.75) is 115 Å². The van der Waals surface area contributed by atoms with E-state index in [4.69, 9.17) is 0 Å². The Kier molecular flexibility index (Phi) is 27.4. The molecule has 0 saturated carbocycles. The van der Waals surface area contributed by atoms with Gasteiger partial charge < -0.3 is 0 Å². The molecule has 2 aromatic carbocycles. The molecular formula is C34H58. The second kappa shape index (κ2) is 25.5. The lowest BCUT2D eigenvalue weighted by atomic mass is 10.0. The van der Waals surface area contributed by atoms with E-state index in [1.54, 1.807) is 0 Å². The van der Waals surface area contributed by atoms with Crippen LogP contribution in [0.2, 0.25) is 0 Å². The van der Waals surface area contributed by atoms with Gasteiger partial charge in [0.2, 0.25) is 0 Å². The van der Waals surface area contributed by atoms with Gasteiger partial charge in [0, 0.05) is 0 Å². The van der Waals surface area contributed by atoms with Crippen LogP contribution in [-0.4, -0.2) is 0 Å². The van der Waals surface area contributed by atoms with Gasteiger partial charge in [-0.05, 0) is 88.5 Å². The molecule has 0 nitrogen and oxygen atoms in total. The first kappa shape index (κ1) is 36.5. The Balaban J connectivity index is -0.000000365. The maximum Gasteiger partial charge on any atom is -0.0305 e. The van der Waals surface area contributed by atoms with Crippen molar-refractivity contribution in [3.63, 3.8) is 0 Å². The van der Waals surface area contributed by atoms with Crippen molar-refractivity contribution in [2.75, 3.05) is 0 Å². The van der Waals surface area contributed by atoms with Crippen LogP contribution in [0.5, 0.6) is 0 Å². The zero-order chi connectivity index (χ0) is 26.9. The molecule has 0 aliphatic heterocycles. The van der Waals surface area contributed by atoms with Gasteiger partial charge in [0.15, 0.2) is 0 Å². The monoisotopic (exact) mass is 466 g/mol. The highest BCUT2D eigenvalue weighted by Gasteiger charge is 1.93. The molecule has 0 unspecified atom stereocenters. The van der Waals surface area contributed by atoms with Crippen LogP contribution in [0.15, 0.2) is 66.8 Å². The first-order valence-corrected chi connectivity index (χ1v) is 13.4. The topological polar surface area (TPSA) is 0 Å². The van der Waals surface area contributed by atoms with Crippen molar-refractivity contribution >= 4 is 0 Å². The van der Waals surface area contributed by atoms with E-state index in [1.807, 2.05) is 6.92 Å². The molecule has 34 heavy (non-hydrogen) atoms. The Labute approximate surface area is 215 Å². The number of hydrogen-bond donors (Lipinski definition) is 0. The number of hydrogen-bond acceptors (Lipinski definition) is 0. The highest BCUT2D eigenvalue weighted by Crippen LogP contribution is 2.10. The summed E-state index contributed by atoms with van der Waals surface area (Å²) in [7, 11) is 0. The summed E-state index contributed by atoms with van der Waals surface area (Å²) < 4.78 is 0. The van der Waals surface area contributed by atoms with Gasteiger partial charge in [-0.2, -0.15) is 0 Å². The molecule has 2 rings (SSSR count). The van der Waals surface area contributed by atoms with Crippen LogP contribution < -0.4 is 0 Å². The SMILES string of the molecule is C=C(C)CC.CC/C=C\CC.CCC(C)C.CCc1cc(C)ccc1C.Cc1ccccc1C. The molecule has 0 fully saturated rings. The van der Waals surface area contributed by atoms with Crippen LogP contribution in [0.25, 0.3) is 0 Å². The molecule has 0 N–H and O–H groups in total. The van der Waals surface area contributed by atoms with Crippen LogP contribution in [0, 0.1) is 33.6 Å². The van der Waals surface area contributed by atoms with Crippen LogP contribution in [0.1, 0.15) is 109 Å². The van der Waals surface area contributed by atoms with Gasteiger partial charge in [0.1, 0.15) is 0 Å². The molecule has 194 valence electrons. The lowest BCUT2D eigenvalue weighted by molar-refractivity contribution is 0.626. The highest BCUT2D eigenvalue weighted by atomic mass is 14.0. The normalized spacial score (nSPS) is 9.44. The van der Waals surface area contributed by atoms with Crippen LogP contribution >= 0.6 is 0 Å². The van der Waals surface area contributed by atoms with Crippen molar-refractivity contribution in [3.05, 3.63) is 94.6 Å². The Morgan fingerprint density at radius 2 is 1.18 bits per heavy atom. The van der Waals surface area contributed by atoms with Crippen LogP contribution in [-0.2, 0) is 6.42 Å². The molecule has 0 aliphatic carbocycles. The summed E-state index contributed by atoms with van der Waals surface area (Å²) in [5.41, 5.74) is 8.24. The molecule has 0 bridgehead atoms. The van der Waals surface area contributed by atoms with Gasteiger partial charge in [-0.25, -0.2) is 0 Å². The average Bonchev–Trinajstić information content (AvgIpc) is 2.82. The largest absolute Gasteiger partial charge is 0.100 e. The standard InChI is InChI=1S/C10H14.C8H10.C6H12.C5H12.C5H10/c1-4-10-7-8(2)5-6-9(10)3;1-7-5-3-4-6-8(7)2;1-3-5-6-4-2;2*1-4-5(2)3/h5-7H,4H2,1-3H3;3-6H,1-2H3;5-6H,3-4H2,1-2H3;5H,4H2,1-3H3;2,4H2,1,3H3/b;;6-5-;;. The van der Waals surface area contributed by atoms with E-state index in [0.29, 0.717) is 0 Å². The van der Waals surface area contributed by atoms with Crippen LogP contribution in [0.4, 0.5) is 0 Å². The molecule has 0 radical (unpaired) electrons. The van der Waals surface area contributed by atoms with Crippen molar-refractivity contribution in [2.24, 2.45) is 5.92 Å². The molecule has 0 saturated heterocycles. The zero-order valence-corrected chi connectivity index (χ0v) is 25.0. The zero-order valence-electron chi connectivity index (χ0n) is 25.0.